The molecule has 0 aromatic heterocycles. The molecule has 0 radical (unpaired) electrons. The van der Waals surface area contributed by atoms with E-state index in [1.165, 1.54) is 50.1 Å². The van der Waals surface area contributed by atoms with Crippen molar-refractivity contribution in [1.29, 1.82) is 0 Å². The largest absolute Gasteiger partial charge is 0.378 e. The number of nitrogens with zero attached hydrogens (tertiary/aromatic N) is 4. The van der Waals surface area contributed by atoms with Gasteiger partial charge in [-0.3, -0.25) is 0 Å². The molecule has 0 aliphatic carbocycles. The number of rotatable bonds is 2. The molecule has 2 bridgehead atoms. The molecule has 5 fully saturated rings. The van der Waals surface area contributed by atoms with Crippen molar-refractivity contribution in [1.82, 2.24) is 9.80 Å². The van der Waals surface area contributed by atoms with Crippen molar-refractivity contribution in [3.8, 4) is 0 Å². The first kappa shape index (κ1) is 20.9. The van der Waals surface area contributed by atoms with Crippen molar-refractivity contribution >= 4 is 17.4 Å². The topological polar surface area (TPSA) is 39.3 Å². The number of urea groups is 1. The van der Waals surface area contributed by atoms with E-state index >= 15 is 0 Å². The van der Waals surface area contributed by atoms with E-state index < -0.39 is 0 Å². The number of hydrogen-bond acceptors (Lipinski definition) is 4. The normalized spacial score (nSPS) is 28.6. The molecule has 5 saturated heterocycles. The van der Waals surface area contributed by atoms with Crippen molar-refractivity contribution in [2.24, 2.45) is 11.3 Å². The Morgan fingerprint density at radius 3 is 2.26 bits per heavy atom. The van der Waals surface area contributed by atoms with Crippen LogP contribution in [0.1, 0.15) is 39.5 Å². The van der Waals surface area contributed by atoms with Crippen LogP contribution in [-0.2, 0) is 4.74 Å². The van der Waals surface area contributed by atoms with Gasteiger partial charge in [-0.05, 0) is 61.3 Å². The monoisotopic (exact) mass is 426 g/mol. The zero-order chi connectivity index (χ0) is 21.4. The summed E-state index contributed by atoms with van der Waals surface area (Å²) >= 11 is 0. The Kier molecular flexibility index (Phi) is 5.76. The zero-order valence-corrected chi connectivity index (χ0v) is 19.3. The molecule has 5 aliphatic heterocycles. The van der Waals surface area contributed by atoms with Gasteiger partial charge < -0.3 is 24.3 Å². The SMILES string of the molecule is CC1(C)CC2CN(C(=O)N3CCOCC3)C[C@H]1N(c1ccc(N3CCCCC3)cc1)C2. The Labute approximate surface area is 187 Å². The number of amides is 2. The first-order chi connectivity index (χ1) is 15.0. The molecular weight excluding hydrogens is 388 g/mol. The van der Waals surface area contributed by atoms with Gasteiger partial charge in [-0.25, -0.2) is 4.79 Å². The minimum absolute atomic E-state index is 0.189. The molecule has 1 aromatic carbocycles. The molecule has 5 heterocycles. The Hall–Kier alpha value is -1.95. The number of carbonyl (C=O) groups excluding carboxylic acids is 1. The molecule has 0 saturated carbocycles. The maximum Gasteiger partial charge on any atom is 0.320 e. The highest BCUT2D eigenvalue weighted by atomic mass is 16.5. The molecule has 6 heteroatoms. The summed E-state index contributed by atoms with van der Waals surface area (Å²) in [5.74, 6) is 0.514. The summed E-state index contributed by atoms with van der Waals surface area (Å²) in [7, 11) is 0. The van der Waals surface area contributed by atoms with Gasteiger partial charge in [0, 0.05) is 57.2 Å². The third-order valence-electron chi connectivity index (χ3n) is 7.87. The molecule has 5 aliphatic rings. The van der Waals surface area contributed by atoms with Crippen molar-refractivity contribution in [2.75, 3.05) is 68.8 Å². The molecule has 6 rings (SSSR count). The van der Waals surface area contributed by atoms with E-state index in [1.807, 2.05) is 4.90 Å². The average molecular weight is 427 g/mol. The summed E-state index contributed by atoms with van der Waals surface area (Å²) < 4.78 is 5.45. The number of piperidine rings is 2. The summed E-state index contributed by atoms with van der Waals surface area (Å²) in [6, 6.07) is 9.80. The lowest BCUT2D eigenvalue weighted by Crippen LogP contribution is -2.55. The summed E-state index contributed by atoms with van der Waals surface area (Å²) in [6.07, 6.45) is 5.16. The highest BCUT2D eigenvalue weighted by Gasteiger charge is 2.47. The number of benzene rings is 1. The molecule has 0 N–H and O–H groups in total. The van der Waals surface area contributed by atoms with Gasteiger partial charge in [-0.15, -0.1) is 0 Å². The van der Waals surface area contributed by atoms with E-state index in [-0.39, 0.29) is 11.4 Å². The molecular formula is C25H38N4O2. The maximum atomic E-state index is 13.3. The molecule has 170 valence electrons. The number of ether oxygens (including phenoxy) is 1. The van der Waals surface area contributed by atoms with Crippen molar-refractivity contribution in [3.63, 3.8) is 0 Å². The molecule has 31 heavy (non-hydrogen) atoms. The van der Waals surface area contributed by atoms with Crippen LogP contribution in [-0.4, -0.2) is 80.9 Å². The van der Waals surface area contributed by atoms with Gasteiger partial charge in [0.05, 0.1) is 19.3 Å². The predicted molar refractivity (Wildman–Crippen MR) is 125 cm³/mol. The quantitative estimate of drug-likeness (QED) is 0.723. The van der Waals surface area contributed by atoms with Gasteiger partial charge in [0.25, 0.3) is 0 Å². The molecule has 0 spiro atoms. The van der Waals surface area contributed by atoms with E-state index in [2.05, 4.69) is 52.8 Å². The fraction of sp³-hybridized carbons (Fsp3) is 0.720. The molecule has 2 amide bonds. The fourth-order valence-corrected chi connectivity index (χ4v) is 6.24. The Morgan fingerprint density at radius 1 is 0.871 bits per heavy atom. The second-order valence-electron chi connectivity index (χ2n) is 10.6. The highest BCUT2D eigenvalue weighted by molar-refractivity contribution is 5.75. The fourth-order valence-electron chi connectivity index (χ4n) is 6.24. The van der Waals surface area contributed by atoms with Crippen LogP contribution in [0.4, 0.5) is 16.2 Å². The van der Waals surface area contributed by atoms with Gasteiger partial charge in [0.1, 0.15) is 0 Å². The lowest BCUT2D eigenvalue weighted by atomic mass is 9.73. The Bertz CT molecular complexity index is 768. The van der Waals surface area contributed by atoms with Gasteiger partial charge in [0.15, 0.2) is 0 Å². The van der Waals surface area contributed by atoms with Crippen LogP contribution in [0.5, 0.6) is 0 Å². The van der Waals surface area contributed by atoms with Crippen molar-refractivity contribution in [2.45, 2.75) is 45.6 Å². The molecule has 1 aromatic rings. The number of hydrogen-bond donors (Lipinski definition) is 0. The Morgan fingerprint density at radius 2 is 1.55 bits per heavy atom. The van der Waals surface area contributed by atoms with E-state index in [0.717, 1.165) is 32.7 Å². The molecule has 2 atom stereocenters. The number of morpholine rings is 1. The van der Waals surface area contributed by atoms with Crippen molar-refractivity contribution < 1.29 is 9.53 Å². The van der Waals surface area contributed by atoms with E-state index in [9.17, 15) is 4.79 Å². The number of carbonyl (C=O) groups is 1. The van der Waals surface area contributed by atoms with Crippen molar-refractivity contribution in [3.05, 3.63) is 24.3 Å². The lowest BCUT2D eigenvalue weighted by Gasteiger charge is -2.48. The first-order valence-electron chi connectivity index (χ1n) is 12.2. The summed E-state index contributed by atoms with van der Waals surface area (Å²) in [4.78, 5) is 22.5. The lowest BCUT2D eigenvalue weighted by molar-refractivity contribution is 0.0428. The Balaban J connectivity index is 1.34. The average Bonchev–Trinajstić information content (AvgIpc) is 3.07. The maximum absolute atomic E-state index is 13.3. The second kappa shape index (κ2) is 8.53. The van der Waals surface area contributed by atoms with Crippen LogP contribution in [0.25, 0.3) is 0 Å². The second-order valence-corrected chi connectivity index (χ2v) is 10.6. The van der Waals surface area contributed by atoms with Gasteiger partial charge in [0.2, 0.25) is 0 Å². The third-order valence-corrected chi connectivity index (χ3v) is 7.87. The summed E-state index contributed by atoms with van der Waals surface area (Å²) in [5, 5.41) is 0. The highest BCUT2D eigenvalue weighted by Crippen LogP contribution is 2.43. The van der Waals surface area contributed by atoms with Gasteiger partial charge in [-0.2, -0.15) is 0 Å². The van der Waals surface area contributed by atoms with E-state index in [1.54, 1.807) is 0 Å². The van der Waals surface area contributed by atoms with Gasteiger partial charge in [-0.1, -0.05) is 13.8 Å². The van der Waals surface area contributed by atoms with Crippen LogP contribution in [0.2, 0.25) is 0 Å². The van der Waals surface area contributed by atoms with E-state index in [4.69, 9.17) is 4.74 Å². The molecule has 6 nitrogen and oxygen atoms in total. The minimum Gasteiger partial charge on any atom is -0.378 e. The molecule has 1 unspecified atom stereocenters. The third kappa shape index (κ3) is 4.23. The number of fused-ring (bicyclic) bond motifs is 4. The standard InChI is InChI=1S/C25H38N4O2/c1-25(2)16-20-17-28(24(30)27-12-14-31-15-13-27)19-23(25)29(18-20)22-8-6-21(7-9-22)26-10-4-3-5-11-26/h6-9,20,23H,3-5,10-19H2,1-2H3/t20?,23-/m1/s1. The van der Waals surface area contributed by atoms with Gasteiger partial charge >= 0.3 is 6.03 Å². The van der Waals surface area contributed by atoms with Crippen LogP contribution >= 0.6 is 0 Å². The zero-order valence-electron chi connectivity index (χ0n) is 19.3. The summed E-state index contributed by atoms with van der Waals surface area (Å²) in [5.41, 5.74) is 2.85. The van der Waals surface area contributed by atoms with Crippen LogP contribution < -0.4 is 9.80 Å². The first-order valence-corrected chi connectivity index (χ1v) is 12.2. The van der Waals surface area contributed by atoms with Crippen LogP contribution in [0, 0.1) is 11.3 Å². The predicted octanol–water partition coefficient (Wildman–Crippen LogP) is 3.67. The van der Waals surface area contributed by atoms with Crippen LogP contribution in [0.15, 0.2) is 24.3 Å². The number of anilines is 2. The minimum atomic E-state index is 0.189. The summed E-state index contributed by atoms with van der Waals surface area (Å²) in [6.45, 7) is 12.6. The van der Waals surface area contributed by atoms with E-state index in [0.29, 0.717) is 25.2 Å². The van der Waals surface area contributed by atoms with Crippen LogP contribution in [0.3, 0.4) is 0 Å². The smallest absolute Gasteiger partial charge is 0.320 e.